The van der Waals surface area contributed by atoms with E-state index in [1.165, 1.54) is 7.11 Å². The third kappa shape index (κ3) is 1.84. The number of halogens is 1. The zero-order valence-electron chi connectivity index (χ0n) is 6.37. The normalized spacial score (nSPS) is 9.50. The number of esters is 1. The molecule has 1 aromatic heterocycles. The van der Waals surface area contributed by atoms with Crippen LogP contribution >= 0.6 is 22.6 Å². The number of nitrogens with two attached hydrogens (primary N) is 1. The van der Waals surface area contributed by atoms with Crippen molar-refractivity contribution in [2.75, 3.05) is 12.8 Å². The highest BCUT2D eigenvalue weighted by molar-refractivity contribution is 14.1. The van der Waals surface area contributed by atoms with E-state index in [1.54, 1.807) is 12.1 Å². The largest absolute Gasteiger partial charge is 0.465 e. The van der Waals surface area contributed by atoms with Gasteiger partial charge in [-0.3, -0.25) is 0 Å². The highest BCUT2D eigenvalue weighted by atomic mass is 127. The molecule has 0 spiro atoms. The number of hydrogen-bond acceptors (Lipinski definition) is 4. The number of aromatic nitrogens is 1. The molecule has 0 fully saturated rings. The van der Waals surface area contributed by atoms with Crippen LogP contribution in [0.1, 0.15) is 10.4 Å². The molecule has 0 aliphatic heterocycles. The molecule has 12 heavy (non-hydrogen) atoms. The van der Waals surface area contributed by atoms with Gasteiger partial charge in [-0.25, -0.2) is 9.78 Å². The molecule has 2 N–H and O–H groups in total. The van der Waals surface area contributed by atoms with Crippen molar-refractivity contribution in [3.05, 3.63) is 21.4 Å². The molecule has 0 saturated heterocycles. The maximum absolute atomic E-state index is 11.0. The van der Waals surface area contributed by atoms with Gasteiger partial charge in [0.15, 0.2) is 0 Å². The van der Waals surface area contributed by atoms with Crippen molar-refractivity contribution in [2.24, 2.45) is 0 Å². The second-order valence-electron chi connectivity index (χ2n) is 2.06. The molecule has 1 heterocycles. The van der Waals surface area contributed by atoms with E-state index in [9.17, 15) is 4.79 Å². The molecule has 0 aliphatic carbocycles. The van der Waals surface area contributed by atoms with Gasteiger partial charge < -0.3 is 10.5 Å². The summed E-state index contributed by atoms with van der Waals surface area (Å²) in [6.45, 7) is 0. The molecule has 0 aliphatic rings. The van der Waals surface area contributed by atoms with E-state index in [2.05, 4.69) is 9.72 Å². The summed E-state index contributed by atoms with van der Waals surface area (Å²) in [4.78, 5) is 14.9. The molecule has 0 amide bonds. The van der Waals surface area contributed by atoms with E-state index >= 15 is 0 Å². The molecular weight excluding hydrogens is 271 g/mol. The van der Waals surface area contributed by atoms with Crippen LogP contribution in [-0.4, -0.2) is 18.1 Å². The first-order chi connectivity index (χ1) is 5.65. The Bertz CT molecular complexity index is 314. The number of nitrogens with zero attached hydrogens (tertiary/aromatic N) is 1. The van der Waals surface area contributed by atoms with E-state index in [-0.39, 0.29) is 5.82 Å². The number of carbonyl (C=O) groups is 1. The number of pyridine rings is 1. The summed E-state index contributed by atoms with van der Waals surface area (Å²) < 4.78 is 5.24. The van der Waals surface area contributed by atoms with E-state index in [0.29, 0.717) is 5.56 Å². The Balaban J connectivity index is 3.09. The second-order valence-corrected chi connectivity index (χ2v) is 3.16. The SMILES string of the molecule is COC(=O)c1ccc(I)nc1N. The van der Waals surface area contributed by atoms with Gasteiger partial charge in [0.25, 0.3) is 0 Å². The highest BCUT2D eigenvalue weighted by Gasteiger charge is 2.10. The van der Waals surface area contributed by atoms with Crippen molar-refractivity contribution in [3.63, 3.8) is 0 Å². The average Bonchev–Trinajstić information content (AvgIpc) is 2.03. The number of methoxy groups -OCH3 is 1. The van der Waals surface area contributed by atoms with Crippen molar-refractivity contribution in [2.45, 2.75) is 0 Å². The monoisotopic (exact) mass is 278 g/mol. The number of carbonyl (C=O) groups excluding carboxylic acids is 1. The average molecular weight is 278 g/mol. The Hall–Kier alpha value is -0.850. The molecule has 64 valence electrons. The number of hydrogen-bond donors (Lipinski definition) is 1. The van der Waals surface area contributed by atoms with E-state index < -0.39 is 5.97 Å². The fraction of sp³-hybridized carbons (Fsp3) is 0.143. The van der Waals surface area contributed by atoms with Gasteiger partial charge in [0, 0.05) is 0 Å². The smallest absolute Gasteiger partial charge is 0.341 e. The van der Waals surface area contributed by atoms with E-state index in [1.807, 2.05) is 22.6 Å². The van der Waals surface area contributed by atoms with Crippen LogP contribution in [0.15, 0.2) is 12.1 Å². The Labute approximate surface area is 83.3 Å². The van der Waals surface area contributed by atoms with Gasteiger partial charge in [0.05, 0.1) is 7.11 Å². The highest BCUT2D eigenvalue weighted by Crippen LogP contribution is 2.11. The summed E-state index contributed by atoms with van der Waals surface area (Å²) in [6.07, 6.45) is 0. The zero-order chi connectivity index (χ0) is 9.14. The Morgan fingerprint density at radius 3 is 2.83 bits per heavy atom. The maximum Gasteiger partial charge on any atom is 0.341 e. The minimum Gasteiger partial charge on any atom is -0.465 e. The van der Waals surface area contributed by atoms with Gasteiger partial charge in [-0.2, -0.15) is 0 Å². The molecule has 4 nitrogen and oxygen atoms in total. The first-order valence-electron chi connectivity index (χ1n) is 3.15. The van der Waals surface area contributed by atoms with Crippen molar-refractivity contribution in [1.29, 1.82) is 0 Å². The minimum atomic E-state index is -0.462. The van der Waals surface area contributed by atoms with Crippen LogP contribution in [-0.2, 0) is 4.74 Å². The number of ether oxygens (including phenoxy) is 1. The molecule has 0 aromatic carbocycles. The number of anilines is 1. The first-order valence-corrected chi connectivity index (χ1v) is 4.23. The molecule has 0 bridgehead atoms. The van der Waals surface area contributed by atoms with Crippen LogP contribution in [0, 0.1) is 3.70 Å². The van der Waals surface area contributed by atoms with Crippen LogP contribution < -0.4 is 5.73 Å². The molecule has 0 unspecified atom stereocenters. The van der Waals surface area contributed by atoms with Crippen molar-refractivity contribution < 1.29 is 9.53 Å². The fourth-order valence-corrected chi connectivity index (χ4v) is 1.17. The second kappa shape index (κ2) is 3.70. The van der Waals surface area contributed by atoms with Crippen molar-refractivity contribution in [1.82, 2.24) is 4.98 Å². The predicted molar refractivity (Wildman–Crippen MR) is 52.7 cm³/mol. The summed E-state index contributed by atoms with van der Waals surface area (Å²) >= 11 is 2.01. The van der Waals surface area contributed by atoms with E-state index in [4.69, 9.17) is 5.73 Å². The van der Waals surface area contributed by atoms with Crippen LogP contribution in [0.2, 0.25) is 0 Å². The lowest BCUT2D eigenvalue weighted by atomic mass is 10.2. The molecule has 1 aromatic rings. The van der Waals surface area contributed by atoms with Crippen molar-refractivity contribution in [3.8, 4) is 0 Å². The lowest BCUT2D eigenvalue weighted by Gasteiger charge is -2.01. The van der Waals surface area contributed by atoms with Crippen LogP contribution in [0.4, 0.5) is 5.82 Å². The molecule has 0 saturated carbocycles. The predicted octanol–water partition coefficient (Wildman–Crippen LogP) is 1.05. The van der Waals surface area contributed by atoms with Gasteiger partial charge in [0.1, 0.15) is 15.1 Å². The summed E-state index contributed by atoms with van der Waals surface area (Å²) in [5.74, 6) is -0.259. The zero-order valence-corrected chi connectivity index (χ0v) is 8.53. The van der Waals surface area contributed by atoms with Gasteiger partial charge >= 0.3 is 5.97 Å². The third-order valence-electron chi connectivity index (χ3n) is 1.30. The molecule has 5 heteroatoms. The molecule has 1 rings (SSSR count). The summed E-state index contributed by atoms with van der Waals surface area (Å²) in [5.41, 5.74) is 5.78. The van der Waals surface area contributed by atoms with Gasteiger partial charge in [-0.05, 0) is 34.7 Å². The molecule has 0 radical (unpaired) electrons. The Morgan fingerprint density at radius 1 is 1.67 bits per heavy atom. The van der Waals surface area contributed by atoms with Crippen molar-refractivity contribution >= 4 is 34.4 Å². The molecule has 0 atom stereocenters. The topological polar surface area (TPSA) is 65.2 Å². The molecular formula is C7H7IN2O2. The van der Waals surface area contributed by atoms with Crippen LogP contribution in [0.3, 0.4) is 0 Å². The quantitative estimate of drug-likeness (QED) is 0.474. The third-order valence-corrected chi connectivity index (χ3v) is 1.90. The first kappa shape index (κ1) is 9.24. The summed E-state index contributed by atoms with van der Waals surface area (Å²) in [7, 11) is 1.31. The number of nitrogen functional groups attached to an aromatic ring is 1. The minimum absolute atomic E-state index is 0.203. The Kier molecular flexibility index (Phi) is 2.85. The lowest BCUT2D eigenvalue weighted by Crippen LogP contribution is -2.07. The summed E-state index contributed by atoms with van der Waals surface area (Å²) in [5, 5.41) is 0. The Morgan fingerprint density at radius 2 is 2.33 bits per heavy atom. The lowest BCUT2D eigenvalue weighted by molar-refractivity contribution is 0.0601. The fourth-order valence-electron chi connectivity index (χ4n) is 0.733. The number of rotatable bonds is 1. The van der Waals surface area contributed by atoms with Gasteiger partial charge in [0.2, 0.25) is 0 Å². The van der Waals surface area contributed by atoms with Gasteiger partial charge in [-0.1, -0.05) is 0 Å². The maximum atomic E-state index is 11.0. The van der Waals surface area contributed by atoms with Gasteiger partial charge in [-0.15, -0.1) is 0 Å². The summed E-state index contributed by atoms with van der Waals surface area (Å²) in [6, 6.07) is 3.29. The van der Waals surface area contributed by atoms with Crippen LogP contribution in [0.5, 0.6) is 0 Å². The van der Waals surface area contributed by atoms with E-state index in [0.717, 1.165) is 3.70 Å². The van der Waals surface area contributed by atoms with Crippen LogP contribution in [0.25, 0.3) is 0 Å². The standard InChI is InChI=1S/C7H7IN2O2/c1-12-7(11)4-2-3-5(8)10-6(4)9/h2-3H,1H3,(H2,9,10).